The summed E-state index contributed by atoms with van der Waals surface area (Å²) in [7, 11) is 0. The van der Waals surface area contributed by atoms with E-state index < -0.39 is 40.5 Å². The predicted octanol–water partition coefficient (Wildman–Crippen LogP) is 2.96. The largest absolute Gasteiger partial charge is 0.480 e. The van der Waals surface area contributed by atoms with Gasteiger partial charge in [0.25, 0.3) is 5.91 Å². The summed E-state index contributed by atoms with van der Waals surface area (Å²) in [5, 5.41) is 11.2. The standard InChI is InChI=1S/C13H14BrF2NO3/c1-13(2,3)10(12(19)20)17-11(18)9-7(15)4-6(14)5-8(9)16/h4-5,10H,1-3H3,(H,17,18)(H,19,20)/t10-/m1/s1. The monoisotopic (exact) mass is 349 g/mol. The van der Waals surface area contributed by atoms with Crippen LogP contribution in [0.25, 0.3) is 0 Å². The first-order chi connectivity index (χ1) is 9.04. The smallest absolute Gasteiger partial charge is 0.326 e. The maximum atomic E-state index is 13.6. The molecule has 0 spiro atoms. The number of carboxylic acid groups (broad SMARTS) is 1. The Kier molecular flexibility index (Phi) is 4.86. The molecule has 1 aromatic carbocycles. The van der Waals surface area contributed by atoms with Crippen molar-refractivity contribution in [1.29, 1.82) is 0 Å². The number of carboxylic acids is 1. The lowest BCUT2D eigenvalue weighted by molar-refractivity contribution is -0.142. The number of amides is 1. The molecule has 0 fully saturated rings. The molecule has 0 bridgehead atoms. The molecule has 2 N–H and O–H groups in total. The molecule has 0 aliphatic heterocycles. The SMILES string of the molecule is CC(C)(C)[C@H](NC(=O)c1c(F)cc(Br)cc1F)C(=O)O. The van der Waals surface area contributed by atoms with Gasteiger partial charge < -0.3 is 10.4 Å². The normalized spacial score (nSPS) is 12.9. The van der Waals surface area contributed by atoms with E-state index in [1.165, 1.54) is 0 Å². The molecular formula is C13H14BrF2NO3. The van der Waals surface area contributed by atoms with Crippen LogP contribution in [0.1, 0.15) is 31.1 Å². The molecule has 0 saturated heterocycles. The topological polar surface area (TPSA) is 66.4 Å². The zero-order valence-corrected chi connectivity index (χ0v) is 12.7. The highest BCUT2D eigenvalue weighted by Gasteiger charge is 2.34. The van der Waals surface area contributed by atoms with Crippen LogP contribution in [0.15, 0.2) is 16.6 Å². The van der Waals surface area contributed by atoms with Gasteiger partial charge in [-0.3, -0.25) is 4.79 Å². The molecule has 1 rings (SSSR count). The Labute approximate surface area is 123 Å². The molecule has 0 radical (unpaired) electrons. The molecule has 20 heavy (non-hydrogen) atoms. The Morgan fingerprint density at radius 2 is 1.70 bits per heavy atom. The van der Waals surface area contributed by atoms with E-state index >= 15 is 0 Å². The highest BCUT2D eigenvalue weighted by atomic mass is 79.9. The molecule has 0 aliphatic rings. The summed E-state index contributed by atoms with van der Waals surface area (Å²) >= 11 is 2.90. The van der Waals surface area contributed by atoms with Crippen LogP contribution in [-0.4, -0.2) is 23.0 Å². The second kappa shape index (κ2) is 5.87. The fourth-order valence-electron chi connectivity index (χ4n) is 1.61. The fraction of sp³-hybridized carbons (Fsp3) is 0.385. The maximum Gasteiger partial charge on any atom is 0.326 e. The Bertz CT molecular complexity index is 532. The van der Waals surface area contributed by atoms with E-state index in [1.807, 2.05) is 0 Å². The minimum absolute atomic E-state index is 0.148. The highest BCUT2D eigenvalue weighted by molar-refractivity contribution is 9.10. The van der Waals surface area contributed by atoms with Gasteiger partial charge >= 0.3 is 5.97 Å². The van der Waals surface area contributed by atoms with Crippen LogP contribution in [0, 0.1) is 17.0 Å². The Morgan fingerprint density at radius 1 is 1.25 bits per heavy atom. The second-order valence-electron chi connectivity index (χ2n) is 5.36. The first-order valence-electron chi connectivity index (χ1n) is 5.72. The van der Waals surface area contributed by atoms with Crippen LogP contribution in [0.5, 0.6) is 0 Å². The van der Waals surface area contributed by atoms with Crippen molar-refractivity contribution < 1.29 is 23.5 Å². The van der Waals surface area contributed by atoms with Crippen molar-refractivity contribution in [2.24, 2.45) is 5.41 Å². The summed E-state index contributed by atoms with van der Waals surface area (Å²) < 4.78 is 27.4. The van der Waals surface area contributed by atoms with Crippen LogP contribution >= 0.6 is 15.9 Å². The van der Waals surface area contributed by atoms with E-state index in [9.17, 15) is 18.4 Å². The van der Waals surface area contributed by atoms with E-state index in [2.05, 4.69) is 21.2 Å². The van der Waals surface area contributed by atoms with Crippen molar-refractivity contribution in [3.05, 3.63) is 33.8 Å². The van der Waals surface area contributed by atoms with Gasteiger partial charge in [0.15, 0.2) is 0 Å². The van der Waals surface area contributed by atoms with Gasteiger partial charge in [0.1, 0.15) is 23.2 Å². The second-order valence-corrected chi connectivity index (χ2v) is 6.27. The van der Waals surface area contributed by atoms with E-state index in [0.717, 1.165) is 12.1 Å². The zero-order chi connectivity index (χ0) is 15.7. The molecule has 4 nitrogen and oxygen atoms in total. The van der Waals surface area contributed by atoms with Crippen LogP contribution < -0.4 is 5.32 Å². The average molecular weight is 350 g/mol. The van der Waals surface area contributed by atoms with Crippen molar-refractivity contribution in [2.45, 2.75) is 26.8 Å². The van der Waals surface area contributed by atoms with Crippen molar-refractivity contribution in [3.63, 3.8) is 0 Å². The fourth-order valence-corrected chi connectivity index (χ4v) is 2.01. The molecule has 1 amide bonds. The summed E-state index contributed by atoms with van der Waals surface area (Å²) in [5.41, 5.74) is -1.60. The summed E-state index contributed by atoms with van der Waals surface area (Å²) in [4.78, 5) is 23.0. The third kappa shape index (κ3) is 3.75. The highest BCUT2D eigenvalue weighted by Crippen LogP contribution is 2.22. The van der Waals surface area contributed by atoms with Crippen molar-refractivity contribution in [1.82, 2.24) is 5.32 Å². The van der Waals surface area contributed by atoms with Gasteiger partial charge in [0.05, 0.1) is 0 Å². The van der Waals surface area contributed by atoms with Crippen molar-refractivity contribution >= 4 is 27.8 Å². The third-order valence-electron chi connectivity index (χ3n) is 2.62. The number of carbonyl (C=O) groups is 2. The van der Waals surface area contributed by atoms with Gasteiger partial charge in [-0.15, -0.1) is 0 Å². The number of benzene rings is 1. The molecular weight excluding hydrogens is 336 g/mol. The zero-order valence-electron chi connectivity index (χ0n) is 11.1. The lowest BCUT2D eigenvalue weighted by Gasteiger charge is -2.27. The van der Waals surface area contributed by atoms with Gasteiger partial charge in [0, 0.05) is 4.47 Å². The average Bonchev–Trinajstić information content (AvgIpc) is 2.22. The predicted molar refractivity (Wildman–Crippen MR) is 72.4 cm³/mol. The molecule has 1 aromatic rings. The molecule has 0 aromatic heterocycles. The lowest BCUT2D eigenvalue weighted by atomic mass is 9.86. The first kappa shape index (κ1) is 16.6. The Morgan fingerprint density at radius 3 is 2.05 bits per heavy atom. The van der Waals surface area contributed by atoms with Gasteiger partial charge in [-0.2, -0.15) is 0 Å². The van der Waals surface area contributed by atoms with Crippen LogP contribution in [0.3, 0.4) is 0 Å². The first-order valence-corrected chi connectivity index (χ1v) is 6.51. The minimum atomic E-state index is -1.27. The van der Waals surface area contributed by atoms with E-state index in [1.54, 1.807) is 20.8 Å². The maximum absolute atomic E-state index is 13.6. The van der Waals surface area contributed by atoms with Crippen LogP contribution in [-0.2, 0) is 4.79 Å². The van der Waals surface area contributed by atoms with Gasteiger partial charge in [-0.25, -0.2) is 13.6 Å². The van der Waals surface area contributed by atoms with E-state index in [4.69, 9.17) is 5.11 Å². The van der Waals surface area contributed by atoms with E-state index in [0.29, 0.717) is 0 Å². The molecule has 0 aliphatic carbocycles. The number of hydrogen-bond acceptors (Lipinski definition) is 2. The Balaban J connectivity index is 3.11. The molecule has 0 unspecified atom stereocenters. The van der Waals surface area contributed by atoms with E-state index in [-0.39, 0.29) is 4.47 Å². The summed E-state index contributed by atoms with van der Waals surface area (Å²) in [6, 6.07) is 0.604. The van der Waals surface area contributed by atoms with Crippen molar-refractivity contribution in [2.75, 3.05) is 0 Å². The Hall–Kier alpha value is -1.50. The van der Waals surface area contributed by atoms with Gasteiger partial charge in [-0.1, -0.05) is 36.7 Å². The number of nitrogens with one attached hydrogen (secondary N) is 1. The summed E-state index contributed by atoms with van der Waals surface area (Å²) in [6.45, 7) is 4.79. The minimum Gasteiger partial charge on any atom is -0.480 e. The number of hydrogen-bond donors (Lipinski definition) is 2. The molecule has 0 heterocycles. The van der Waals surface area contributed by atoms with Gasteiger partial charge in [0.2, 0.25) is 0 Å². The number of carbonyl (C=O) groups excluding carboxylic acids is 1. The lowest BCUT2D eigenvalue weighted by Crippen LogP contribution is -2.49. The number of rotatable bonds is 3. The third-order valence-corrected chi connectivity index (χ3v) is 3.08. The van der Waals surface area contributed by atoms with Crippen molar-refractivity contribution in [3.8, 4) is 0 Å². The molecule has 1 atom stereocenters. The number of aliphatic carboxylic acids is 1. The van der Waals surface area contributed by atoms with Crippen LogP contribution in [0.4, 0.5) is 8.78 Å². The molecule has 110 valence electrons. The number of halogens is 3. The summed E-state index contributed by atoms with van der Waals surface area (Å²) in [6.07, 6.45) is 0. The quantitative estimate of drug-likeness (QED) is 0.881. The molecule has 7 heteroatoms. The summed E-state index contributed by atoms with van der Waals surface area (Å²) in [5.74, 6) is -4.50. The molecule has 0 saturated carbocycles. The van der Waals surface area contributed by atoms with Crippen LogP contribution in [0.2, 0.25) is 0 Å². The van der Waals surface area contributed by atoms with Gasteiger partial charge in [-0.05, 0) is 17.5 Å².